The molecule has 3 aromatic heterocycles. The van der Waals surface area contributed by atoms with Gasteiger partial charge in [0.15, 0.2) is 0 Å². The van der Waals surface area contributed by atoms with Crippen molar-refractivity contribution in [3.63, 3.8) is 0 Å². The van der Waals surface area contributed by atoms with E-state index < -0.39 is 0 Å². The first-order chi connectivity index (χ1) is 14.7. The number of nitrogens with zero attached hydrogens (tertiary/aromatic N) is 5. The Bertz CT molecular complexity index is 1010. The molecular weight excluding hydrogens is 376 g/mol. The normalized spacial score (nSPS) is 16.7. The monoisotopic (exact) mass is 402 g/mol. The number of nitrogens with one attached hydrogen (secondary N) is 1. The second-order valence-electron chi connectivity index (χ2n) is 7.67. The summed E-state index contributed by atoms with van der Waals surface area (Å²) in [6.07, 6.45) is 13.8. The number of aromatic nitrogens is 4. The highest BCUT2D eigenvalue weighted by molar-refractivity contribution is 5.91. The van der Waals surface area contributed by atoms with E-state index in [0.29, 0.717) is 5.92 Å². The fourth-order valence-corrected chi connectivity index (χ4v) is 3.80. The molecule has 0 radical (unpaired) electrons. The Kier molecular flexibility index (Phi) is 6.17. The quantitative estimate of drug-likeness (QED) is 0.639. The molecule has 7 heteroatoms. The van der Waals surface area contributed by atoms with Crippen molar-refractivity contribution in [2.45, 2.75) is 19.3 Å². The van der Waals surface area contributed by atoms with E-state index in [1.54, 1.807) is 23.2 Å². The Labute approximate surface area is 176 Å². The van der Waals surface area contributed by atoms with E-state index in [2.05, 4.69) is 26.4 Å². The number of amides is 1. The summed E-state index contributed by atoms with van der Waals surface area (Å²) in [5, 5.41) is 7.37. The predicted molar refractivity (Wildman–Crippen MR) is 117 cm³/mol. The molecule has 4 rings (SSSR count). The van der Waals surface area contributed by atoms with Gasteiger partial charge in [0.05, 0.1) is 6.20 Å². The van der Waals surface area contributed by atoms with Crippen LogP contribution in [0, 0.1) is 5.92 Å². The van der Waals surface area contributed by atoms with Gasteiger partial charge >= 0.3 is 0 Å². The van der Waals surface area contributed by atoms with Crippen molar-refractivity contribution in [1.82, 2.24) is 24.6 Å². The Morgan fingerprint density at radius 3 is 2.93 bits per heavy atom. The first-order valence-corrected chi connectivity index (χ1v) is 10.2. The Hall–Kier alpha value is -3.48. The maximum absolute atomic E-state index is 12.6. The zero-order valence-electron chi connectivity index (χ0n) is 17.1. The number of rotatable bonds is 6. The molecule has 1 atom stereocenters. The SMILES string of the molecule is Cn1cc(/C=C/C(=O)N2CCC[C@H](Cc3ccnc(Nc4ccccn4)c3)C2)cn1. The molecule has 0 spiro atoms. The topological polar surface area (TPSA) is 75.9 Å². The van der Waals surface area contributed by atoms with E-state index in [1.807, 2.05) is 54.7 Å². The van der Waals surface area contributed by atoms with E-state index in [9.17, 15) is 4.79 Å². The van der Waals surface area contributed by atoms with Crippen LogP contribution in [-0.4, -0.2) is 43.6 Å². The fraction of sp³-hybridized carbons (Fsp3) is 0.304. The Morgan fingerprint density at radius 2 is 2.13 bits per heavy atom. The molecular formula is C23H26N6O. The van der Waals surface area contributed by atoms with Crippen LogP contribution in [0.1, 0.15) is 24.0 Å². The van der Waals surface area contributed by atoms with Crippen molar-refractivity contribution in [1.29, 1.82) is 0 Å². The molecule has 30 heavy (non-hydrogen) atoms. The maximum atomic E-state index is 12.6. The fourth-order valence-electron chi connectivity index (χ4n) is 3.80. The van der Waals surface area contributed by atoms with E-state index >= 15 is 0 Å². The van der Waals surface area contributed by atoms with E-state index in [-0.39, 0.29) is 5.91 Å². The zero-order chi connectivity index (χ0) is 20.8. The number of likely N-dealkylation sites (tertiary alicyclic amines) is 1. The summed E-state index contributed by atoms with van der Waals surface area (Å²) in [7, 11) is 1.87. The van der Waals surface area contributed by atoms with Crippen molar-refractivity contribution in [2.24, 2.45) is 13.0 Å². The average molecular weight is 403 g/mol. The highest BCUT2D eigenvalue weighted by Crippen LogP contribution is 2.23. The van der Waals surface area contributed by atoms with Gasteiger partial charge in [-0.3, -0.25) is 9.48 Å². The summed E-state index contributed by atoms with van der Waals surface area (Å²) < 4.78 is 1.73. The lowest BCUT2D eigenvalue weighted by molar-refractivity contribution is -0.127. The third kappa shape index (κ3) is 5.31. The number of aryl methyl sites for hydroxylation is 1. The molecule has 1 fully saturated rings. The van der Waals surface area contributed by atoms with Gasteiger partial charge in [-0.15, -0.1) is 0 Å². The molecule has 1 amide bonds. The minimum Gasteiger partial charge on any atom is -0.339 e. The molecule has 0 aromatic carbocycles. The number of hydrogen-bond acceptors (Lipinski definition) is 5. The zero-order valence-corrected chi connectivity index (χ0v) is 17.1. The molecule has 0 saturated carbocycles. The second kappa shape index (κ2) is 9.35. The Balaban J connectivity index is 1.35. The van der Waals surface area contributed by atoms with Gasteiger partial charge in [0.1, 0.15) is 11.6 Å². The van der Waals surface area contributed by atoms with Gasteiger partial charge in [0.2, 0.25) is 5.91 Å². The summed E-state index contributed by atoms with van der Waals surface area (Å²) in [6, 6.07) is 9.86. The molecule has 0 bridgehead atoms. The van der Waals surface area contributed by atoms with Crippen LogP contribution >= 0.6 is 0 Å². The van der Waals surface area contributed by atoms with Gasteiger partial charge in [-0.05, 0) is 61.1 Å². The molecule has 154 valence electrons. The van der Waals surface area contributed by atoms with Crippen LogP contribution in [0.2, 0.25) is 0 Å². The summed E-state index contributed by atoms with van der Waals surface area (Å²) in [6.45, 7) is 1.59. The summed E-state index contributed by atoms with van der Waals surface area (Å²) >= 11 is 0. The van der Waals surface area contributed by atoms with Crippen molar-refractivity contribution in [2.75, 3.05) is 18.4 Å². The molecule has 0 unspecified atom stereocenters. The molecule has 4 heterocycles. The molecule has 7 nitrogen and oxygen atoms in total. The highest BCUT2D eigenvalue weighted by atomic mass is 16.2. The lowest BCUT2D eigenvalue weighted by atomic mass is 9.91. The van der Waals surface area contributed by atoms with Crippen LogP contribution in [0.25, 0.3) is 6.08 Å². The molecule has 1 saturated heterocycles. The van der Waals surface area contributed by atoms with Gasteiger partial charge in [-0.1, -0.05) is 6.07 Å². The minimum absolute atomic E-state index is 0.0655. The van der Waals surface area contributed by atoms with Gasteiger partial charge in [0, 0.05) is 50.4 Å². The van der Waals surface area contributed by atoms with Crippen LogP contribution in [0.4, 0.5) is 11.6 Å². The number of anilines is 2. The number of hydrogen-bond donors (Lipinski definition) is 1. The Morgan fingerprint density at radius 1 is 1.23 bits per heavy atom. The van der Waals surface area contributed by atoms with Gasteiger partial charge in [-0.25, -0.2) is 9.97 Å². The van der Waals surface area contributed by atoms with Crippen molar-refractivity contribution < 1.29 is 4.79 Å². The first kappa shape index (κ1) is 19.8. The number of carbonyl (C=O) groups is 1. The number of pyridine rings is 2. The van der Waals surface area contributed by atoms with E-state index in [0.717, 1.165) is 49.6 Å². The number of piperidine rings is 1. The minimum atomic E-state index is 0.0655. The summed E-state index contributed by atoms with van der Waals surface area (Å²) in [5.74, 6) is 2.07. The third-order valence-electron chi connectivity index (χ3n) is 5.24. The largest absolute Gasteiger partial charge is 0.339 e. The van der Waals surface area contributed by atoms with Crippen LogP contribution in [0.15, 0.2) is 61.2 Å². The smallest absolute Gasteiger partial charge is 0.246 e. The van der Waals surface area contributed by atoms with Crippen LogP contribution in [0.5, 0.6) is 0 Å². The second-order valence-corrected chi connectivity index (χ2v) is 7.67. The lowest BCUT2D eigenvalue weighted by Gasteiger charge is -2.32. The molecule has 1 aliphatic heterocycles. The van der Waals surface area contributed by atoms with Crippen molar-refractivity contribution in [3.05, 3.63) is 72.3 Å². The van der Waals surface area contributed by atoms with Crippen LogP contribution < -0.4 is 5.32 Å². The summed E-state index contributed by atoms with van der Waals surface area (Å²) in [4.78, 5) is 23.2. The van der Waals surface area contributed by atoms with Crippen LogP contribution in [-0.2, 0) is 18.3 Å². The maximum Gasteiger partial charge on any atom is 0.246 e. The number of carbonyl (C=O) groups excluding carboxylic acids is 1. The average Bonchev–Trinajstić information content (AvgIpc) is 3.18. The summed E-state index contributed by atoms with van der Waals surface area (Å²) in [5.41, 5.74) is 2.15. The molecule has 1 N–H and O–H groups in total. The van der Waals surface area contributed by atoms with E-state index in [1.165, 1.54) is 5.56 Å². The highest BCUT2D eigenvalue weighted by Gasteiger charge is 2.22. The van der Waals surface area contributed by atoms with Gasteiger partial charge < -0.3 is 10.2 Å². The van der Waals surface area contributed by atoms with Gasteiger partial charge in [0.25, 0.3) is 0 Å². The molecule has 3 aromatic rings. The standard InChI is InChI=1S/C23H26N6O/c1-28-16-20(15-26-28)7-8-23(30)29-12-4-5-19(17-29)13-18-9-11-25-22(14-18)27-21-6-2-3-10-24-21/h2-3,6-11,14-16,19H,4-5,12-13,17H2,1H3,(H,24,25,27)/b8-7+/t19-/m1/s1. The van der Waals surface area contributed by atoms with Crippen LogP contribution in [0.3, 0.4) is 0 Å². The van der Waals surface area contributed by atoms with Crippen molar-refractivity contribution in [3.8, 4) is 0 Å². The predicted octanol–water partition coefficient (Wildman–Crippen LogP) is 3.45. The lowest BCUT2D eigenvalue weighted by Crippen LogP contribution is -2.39. The van der Waals surface area contributed by atoms with Crippen molar-refractivity contribution >= 4 is 23.6 Å². The molecule has 1 aliphatic rings. The first-order valence-electron chi connectivity index (χ1n) is 10.2. The van der Waals surface area contributed by atoms with Gasteiger partial charge in [-0.2, -0.15) is 5.10 Å². The van der Waals surface area contributed by atoms with E-state index in [4.69, 9.17) is 0 Å². The molecule has 0 aliphatic carbocycles. The third-order valence-corrected chi connectivity index (χ3v) is 5.24.